The van der Waals surface area contributed by atoms with Crippen molar-refractivity contribution in [3.63, 3.8) is 0 Å². The zero-order valence-electron chi connectivity index (χ0n) is 8.51. The van der Waals surface area contributed by atoms with Crippen molar-refractivity contribution in [2.75, 3.05) is 0 Å². The summed E-state index contributed by atoms with van der Waals surface area (Å²) in [6.45, 7) is 4.27. The molecule has 74 valence electrons. The molecule has 1 aliphatic carbocycles. The van der Waals surface area contributed by atoms with Crippen molar-refractivity contribution in [3.05, 3.63) is 0 Å². The summed E-state index contributed by atoms with van der Waals surface area (Å²) in [4.78, 5) is 11.8. The molecule has 2 heteroatoms. The fourth-order valence-electron chi connectivity index (χ4n) is 2.61. The van der Waals surface area contributed by atoms with Gasteiger partial charge >= 0.3 is 0 Å². The monoisotopic (exact) mass is 182 g/mol. The standard InChI is InChI=1S/C11H18O2/c1-8-7-11(13-9(8)2)6-4-3-5-10(11)12/h8-9H,3-7H2,1-2H3/t8-,9+,11+/m1/s1. The Morgan fingerprint density at radius 2 is 2.15 bits per heavy atom. The first kappa shape index (κ1) is 9.20. The van der Waals surface area contributed by atoms with Crippen LogP contribution in [0.25, 0.3) is 0 Å². The molecule has 0 radical (unpaired) electrons. The van der Waals surface area contributed by atoms with Crippen molar-refractivity contribution >= 4 is 5.78 Å². The number of Topliss-reactive ketones (excluding diaryl/α,β-unsaturated/α-hetero) is 1. The Morgan fingerprint density at radius 1 is 1.38 bits per heavy atom. The van der Waals surface area contributed by atoms with Crippen molar-refractivity contribution in [1.29, 1.82) is 0 Å². The van der Waals surface area contributed by atoms with E-state index in [0.29, 0.717) is 11.7 Å². The number of ether oxygens (including phenoxy) is 1. The van der Waals surface area contributed by atoms with Gasteiger partial charge in [0.1, 0.15) is 5.60 Å². The van der Waals surface area contributed by atoms with Crippen molar-refractivity contribution in [1.82, 2.24) is 0 Å². The van der Waals surface area contributed by atoms with Crippen LogP contribution in [-0.2, 0) is 9.53 Å². The van der Waals surface area contributed by atoms with Crippen LogP contribution in [-0.4, -0.2) is 17.5 Å². The normalized spacial score (nSPS) is 45.8. The second-order valence-electron chi connectivity index (χ2n) is 4.63. The van der Waals surface area contributed by atoms with Gasteiger partial charge in [0.2, 0.25) is 0 Å². The summed E-state index contributed by atoms with van der Waals surface area (Å²) in [7, 11) is 0. The molecule has 1 saturated heterocycles. The number of ketones is 1. The summed E-state index contributed by atoms with van der Waals surface area (Å²) in [6, 6.07) is 0. The van der Waals surface area contributed by atoms with Crippen LogP contribution < -0.4 is 0 Å². The first-order valence-electron chi connectivity index (χ1n) is 5.35. The molecule has 0 aromatic carbocycles. The third kappa shape index (κ3) is 1.41. The highest BCUT2D eigenvalue weighted by molar-refractivity contribution is 5.88. The quantitative estimate of drug-likeness (QED) is 0.574. The number of carbonyl (C=O) groups excluding carboxylic acids is 1. The fourth-order valence-corrected chi connectivity index (χ4v) is 2.61. The lowest BCUT2D eigenvalue weighted by atomic mass is 9.79. The molecule has 0 aromatic rings. The Hall–Kier alpha value is -0.370. The van der Waals surface area contributed by atoms with E-state index in [1.54, 1.807) is 0 Å². The van der Waals surface area contributed by atoms with Gasteiger partial charge < -0.3 is 4.74 Å². The van der Waals surface area contributed by atoms with E-state index in [-0.39, 0.29) is 11.7 Å². The highest BCUT2D eigenvalue weighted by atomic mass is 16.5. The lowest BCUT2D eigenvalue weighted by Gasteiger charge is -2.31. The van der Waals surface area contributed by atoms with Crippen LogP contribution in [0.1, 0.15) is 46.0 Å². The van der Waals surface area contributed by atoms with Gasteiger partial charge in [-0.25, -0.2) is 0 Å². The highest BCUT2D eigenvalue weighted by Crippen LogP contribution is 2.42. The Bertz CT molecular complexity index is 212. The van der Waals surface area contributed by atoms with E-state index in [9.17, 15) is 4.79 Å². The number of hydrogen-bond acceptors (Lipinski definition) is 2. The first-order chi connectivity index (χ1) is 6.14. The zero-order chi connectivity index (χ0) is 9.47. The van der Waals surface area contributed by atoms with E-state index in [2.05, 4.69) is 13.8 Å². The van der Waals surface area contributed by atoms with Gasteiger partial charge in [0, 0.05) is 6.42 Å². The zero-order valence-corrected chi connectivity index (χ0v) is 8.51. The molecule has 0 N–H and O–H groups in total. The third-order valence-corrected chi connectivity index (χ3v) is 3.61. The van der Waals surface area contributed by atoms with Crippen LogP contribution in [0.2, 0.25) is 0 Å². The molecule has 2 aliphatic rings. The lowest BCUT2D eigenvalue weighted by Crippen LogP contribution is -2.41. The van der Waals surface area contributed by atoms with E-state index in [0.717, 1.165) is 32.1 Å². The minimum absolute atomic E-state index is 0.266. The van der Waals surface area contributed by atoms with Crippen LogP contribution in [0.15, 0.2) is 0 Å². The summed E-state index contributed by atoms with van der Waals surface area (Å²) < 4.78 is 5.86. The highest BCUT2D eigenvalue weighted by Gasteiger charge is 2.48. The summed E-state index contributed by atoms with van der Waals surface area (Å²) >= 11 is 0. The van der Waals surface area contributed by atoms with Gasteiger partial charge in [-0.2, -0.15) is 0 Å². The molecule has 1 aliphatic heterocycles. The molecule has 1 saturated carbocycles. The molecular weight excluding hydrogens is 164 g/mol. The van der Waals surface area contributed by atoms with Crippen molar-refractivity contribution in [2.45, 2.75) is 57.7 Å². The summed E-state index contributed by atoms with van der Waals surface area (Å²) in [5.41, 5.74) is -0.364. The molecule has 1 spiro atoms. The minimum Gasteiger partial charge on any atom is -0.364 e. The predicted octanol–water partition coefficient (Wildman–Crippen LogP) is 2.31. The van der Waals surface area contributed by atoms with Crippen LogP contribution >= 0.6 is 0 Å². The lowest BCUT2D eigenvalue weighted by molar-refractivity contribution is -0.146. The number of carbonyl (C=O) groups is 1. The summed E-state index contributed by atoms with van der Waals surface area (Å²) in [5.74, 6) is 0.900. The number of rotatable bonds is 0. The smallest absolute Gasteiger partial charge is 0.164 e. The molecule has 2 nitrogen and oxygen atoms in total. The van der Waals surface area contributed by atoms with E-state index in [4.69, 9.17) is 4.74 Å². The largest absolute Gasteiger partial charge is 0.364 e. The maximum atomic E-state index is 11.8. The van der Waals surface area contributed by atoms with Gasteiger partial charge in [-0.15, -0.1) is 0 Å². The van der Waals surface area contributed by atoms with Gasteiger partial charge in [0.15, 0.2) is 5.78 Å². The second-order valence-corrected chi connectivity index (χ2v) is 4.63. The molecule has 2 rings (SSSR count). The SMILES string of the molecule is C[C@@H]1C[C@]2(CCCCC2=O)O[C@H]1C. The second kappa shape index (κ2) is 3.09. The van der Waals surface area contributed by atoms with Crippen LogP contribution in [0.5, 0.6) is 0 Å². The Balaban J connectivity index is 2.16. The van der Waals surface area contributed by atoms with Crippen molar-refractivity contribution in [2.24, 2.45) is 5.92 Å². The van der Waals surface area contributed by atoms with Crippen molar-refractivity contribution < 1.29 is 9.53 Å². The minimum atomic E-state index is -0.364. The molecule has 1 heterocycles. The van der Waals surface area contributed by atoms with E-state index in [1.165, 1.54) is 0 Å². The topological polar surface area (TPSA) is 26.3 Å². The van der Waals surface area contributed by atoms with Crippen LogP contribution in [0, 0.1) is 5.92 Å². The van der Waals surface area contributed by atoms with Crippen molar-refractivity contribution in [3.8, 4) is 0 Å². The molecule has 3 atom stereocenters. The fraction of sp³-hybridized carbons (Fsp3) is 0.909. The van der Waals surface area contributed by atoms with Gasteiger partial charge in [-0.05, 0) is 38.5 Å². The van der Waals surface area contributed by atoms with Crippen LogP contribution in [0.3, 0.4) is 0 Å². The Labute approximate surface area is 79.7 Å². The van der Waals surface area contributed by atoms with Gasteiger partial charge in [0.05, 0.1) is 6.10 Å². The third-order valence-electron chi connectivity index (χ3n) is 3.61. The summed E-state index contributed by atoms with van der Waals surface area (Å²) in [5, 5.41) is 0. The molecule has 0 amide bonds. The van der Waals surface area contributed by atoms with Gasteiger partial charge in [-0.1, -0.05) is 6.92 Å². The molecule has 2 fully saturated rings. The van der Waals surface area contributed by atoms with Gasteiger partial charge in [0.25, 0.3) is 0 Å². The first-order valence-corrected chi connectivity index (χ1v) is 5.35. The molecule has 0 unspecified atom stereocenters. The van der Waals surface area contributed by atoms with E-state index >= 15 is 0 Å². The molecule has 13 heavy (non-hydrogen) atoms. The predicted molar refractivity (Wildman–Crippen MR) is 50.5 cm³/mol. The summed E-state index contributed by atoms with van der Waals surface area (Å²) in [6.07, 6.45) is 5.13. The Morgan fingerprint density at radius 3 is 2.69 bits per heavy atom. The van der Waals surface area contributed by atoms with Crippen LogP contribution in [0.4, 0.5) is 0 Å². The maximum Gasteiger partial charge on any atom is 0.164 e. The average molecular weight is 182 g/mol. The Kier molecular flexibility index (Phi) is 2.18. The maximum absolute atomic E-state index is 11.8. The molecule has 0 aromatic heterocycles. The molecular formula is C11H18O2. The van der Waals surface area contributed by atoms with Gasteiger partial charge in [-0.3, -0.25) is 4.79 Å². The van der Waals surface area contributed by atoms with E-state index < -0.39 is 0 Å². The number of hydrogen-bond donors (Lipinski definition) is 0. The molecule has 0 bridgehead atoms. The average Bonchev–Trinajstić information content (AvgIpc) is 2.36. The van der Waals surface area contributed by atoms with E-state index in [1.807, 2.05) is 0 Å².